The lowest BCUT2D eigenvalue weighted by molar-refractivity contribution is -0.131. The second-order valence-corrected chi connectivity index (χ2v) is 4.36. The van der Waals surface area contributed by atoms with Crippen molar-refractivity contribution in [2.45, 2.75) is 32.7 Å². The van der Waals surface area contributed by atoms with E-state index in [-0.39, 0.29) is 5.91 Å². The molecule has 1 amide bonds. The number of nitrogens with one attached hydrogen (secondary N) is 1. The van der Waals surface area contributed by atoms with Gasteiger partial charge in [-0.3, -0.25) is 4.79 Å². The molecule has 4 nitrogen and oxygen atoms in total. The Morgan fingerprint density at radius 2 is 1.88 bits per heavy atom. The van der Waals surface area contributed by atoms with Crippen molar-refractivity contribution < 1.29 is 4.79 Å². The van der Waals surface area contributed by atoms with Crippen molar-refractivity contribution in [3.05, 3.63) is 0 Å². The standard InChI is InChI=1S/C12H25N3O/c1-4-14(5-2)11-6-8-15(9-7-11)12(16)10-13-3/h11,13H,4-10H2,1-3H3. The van der Waals surface area contributed by atoms with E-state index in [0.717, 1.165) is 39.0 Å². The fraction of sp³-hybridized carbons (Fsp3) is 0.917. The first kappa shape index (κ1) is 13.5. The highest BCUT2D eigenvalue weighted by atomic mass is 16.2. The zero-order valence-electron chi connectivity index (χ0n) is 10.8. The second kappa shape index (κ2) is 6.86. The number of likely N-dealkylation sites (N-methyl/N-ethyl adjacent to an activating group) is 1. The summed E-state index contributed by atoms with van der Waals surface area (Å²) in [6, 6.07) is 0.675. The molecule has 16 heavy (non-hydrogen) atoms. The largest absolute Gasteiger partial charge is 0.341 e. The number of piperidine rings is 1. The van der Waals surface area contributed by atoms with Crippen LogP contribution in [0.15, 0.2) is 0 Å². The molecule has 0 aromatic rings. The van der Waals surface area contributed by atoms with E-state index in [1.165, 1.54) is 0 Å². The maximum absolute atomic E-state index is 11.7. The van der Waals surface area contributed by atoms with Crippen LogP contribution in [0.25, 0.3) is 0 Å². The Bertz CT molecular complexity index is 208. The zero-order chi connectivity index (χ0) is 12.0. The van der Waals surface area contributed by atoms with Gasteiger partial charge in [-0.05, 0) is 33.0 Å². The fourth-order valence-corrected chi connectivity index (χ4v) is 2.48. The molecule has 1 heterocycles. The lowest BCUT2D eigenvalue weighted by Crippen LogP contribution is -2.48. The Morgan fingerprint density at radius 1 is 1.31 bits per heavy atom. The monoisotopic (exact) mass is 227 g/mol. The smallest absolute Gasteiger partial charge is 0.236 e. The molecule has 0 aliphatic carbocycles. The molecule has 4 heteroatoms. The van der Waals surface area contributed by atoms with Crippen LogP contribution in [0.1, 0.15) is 26.7 Å². The number of carbonyl (C=O) groups excluding carboxylic acids is 1. The number of nitrogens with zero attached hydrogens (tertiary/aromatic N) is 2. The first-order valence-corrected chi connectivity index (χ1v) is 6.39. The van der Waals surface area contributed by atoms with Gasteiger partial charge in [0.15, 0.2) is 0 Å². The fourth-order valence-electron chi connectivity index (χ4n) is 2.48. The third kappa shape index (κ3) is 3.46. The number of amides is 1. The molecular formula is C12H25N3O. The van der Waals surface area contributed by atoms with Crippen LogP contribution in [0, 0.1) is 0 Å². The lowest BCUT2D eigenvalue weighted by atomic mass is 10.0. The van der Waals surface area contributed by atoms with Crippen molar-refractivity contribution in [3.8, 4) is 0 Å². The maximum atomic E-state index is 11.7. The SMILES string of the molecule is CCN(CC)C1CCN(C(=O)CNC)CC1. The zero-order valence-corrected chi connectivity index (χ0v) is 10.8. The van der Waals surface area contributed by atoms with E-state index in [4.69, 9.17) is 0 Å². The minimum atomic E-state index is 0.237. The number of hydrogen-bond acceptors (Lipinski definition) is 3. The summed E-state index contributed by atoms with van der Waals surface area (Å²) in [4.78, 5) is 16.1. The van der Waals surface area contributed by atoms with E-state index in [0.29, 0.717) is 12.6 Å². The molecule has 0 saturated carbocycles. The molecule has 0 unspecified atom stereocenters. The van der Waals surface area contributed by atoms with E-state index in [9.17, 15) is 4.79 Å². The first-order chi connectivity index (χ1) is 7.72. The van der Waals surface area contributed by atoms with Crippen molar-refractivity contribution in [2.75, 3.05) is 39.8 Å². The molecule has 0 atom stereocenters. The molecule has 94 valence electrons. The van der Waals surface area contributed by atoms with Crippen LogP contribution in [0.2, 0.25) is 0 Å². The van der Waals surface area contributed by atoms with E-state index in [1.54, 1.807) is 0 Å². The van der Waals surface area contributed by atoms with Gasteiger partial charge in [-0.2, -0.15) is 0 Å². The van der Waals surface area contributed by atoms with Crippen molar-refractivity contribution in [1.82, 2.24) is 15.1 Å². The molecule has 0 aromatic heterocycles. The predicted molar refractivity (Wildman–Crippen MR) is 66.4 cm³/mol. The molecule has 0 spiro atoms. The summed E-state index contributed by atoms with van der Waals surface area (Å²) in [5.74, 6) is 0.237. The summed E-state index contributed by atoms with van der Waals surface area (Å²) in [5.41, 5.74) is 0. The van der Waals surface area contributed by atoms with Gasteiger partial charge in [0.1, 0.15) is 0 Å². The Morgan fingerprint density at radius 3 is 2.31 bits per heavy atom. The van der Waals surface area contributed by atoms with Gasteiger partial charge in [-0.15, -0.1) is 0 Å². The summed E-state index contributed by atoms with van der Waals surface area (Å²) in [6.45, 7) is 8.96. The topological polar surface area (TPSA) is 35.6 Å². The van der Waals surface area contributed by atoms with Gasteiger partial charge in [0.05, 0.1) is 6.54 Å². The Labute approximate surface area is 99.0 Å². The molecule has 1 fully saturated rings. The molecule has 0 aromatic carbocycles. The minimum Gasteiger partial charge on any atom is -0.341 e. The first-order valence-electron chi connectivity index (χ1n) is 6.39. The number of hydrogen-bond donors (Lipinski definition) is 1. The van der Waals surface area contributed by atoms with Crippen LogP contribution in [-0.4, -0.2) is 61.5 Å². The van der Waals surface area contributed by atoms with Crippen molar-refractivity contribution in [1.29, 1.82) is 0 Å². The van der Waals surface area contributed by atoms with E-state index in [1.807, 2.05) is 11.9 Å². The van der Waals surface area contributed by atoms with Crippen molar-refractivity contribution in [2.24, 2.45) is 0 Å². The molecular weight excluding hydrogens is 202 g/mol. The van der Waals surface area contributed by atoms with Gasteiger partial charge in [-0.25, -0.2) is 0 Å². The minimum absolute atomic E-state index is 0.237. The lowest BCUT2D eigenvalue weighted by Gasteiger charge is -2.37. The highest BCUT2D eigenvalue weighted by molar-refractivity contribution is 5.78. The van der Waals surface area contributed by atoms with Gasteiger partial charge in [-0.1, -0.05) is 13.8 Å². The molecule has 1 aliphatic rings. The number of carbonyl (C=O) groups is 1. The molecule has 0 bridgehead atoms. The van der Waals surface area contributed by atoms with Crippen molar-refractivity contribution >= 4 is 5.91 Å². The Kier molecular flexibility index (Phi) is 5.77. The molecule has 1 saturated heterocycles. The second-order valence-electron chi connectivity index (χ2n) is 4.36. The van der Waals surface area contributed by atoms with Crippen molar-refractivity contribution in [3.63, 3.8) is 0 Å². The van der Waals surface area contributed by atoms with Crippen LogP contribution in [0.4, 0.5) is 0 Å². The average Bonchev–Trinajstić information content (AvgIpc) is 2.32. The van der Waals surface area contributed by atoms with Gasteiger partial charge >= 0.3 is 0 Å². The Balaban J connectivity index is 2.35. The van der Waals surface area contributed by atoms with E-state index in [2.05, 4.69) is 24.1 Å². The van der Waals surface area contributed by atoms with E-state index >= 15 is 0 Å². The number of likely N-dealkylation sites (tertiary alicyclic amines) is 1. The highest BCUT2D eigenvalue weighted by Gasteiger charge is 2.24. The van der Waals surface area contributed by atoms with Crippen LogP contribution in [-0.2, 0) is 4.79 Å². The quantitative estimate of drug-likeness (QED) is 0.744. The van der Waals surface area contributed by atoms with Gasteiger partial charge in [0, 0.05) is 19.1 Å². The average molecular weight is 227 g/mol. The van der Waals surface area contributed by atoms with E-state index < -0.39 is 0 Å². The van der Waals surface area contributed by atoms with Gasteiger partial charge in [0.2, 0.25) is 5.91 Å². The van der Waals surface area contributed by atoms with Crippen LogP contribution in [0.5, 0.6) is 0 Å². The maximum Gasteiger partial charge on any atom is 0.236 e. The van der Waals surface area contributed by atoms with Crippen LogP contribution >= 0.6 is 0 Å². The molecule has 0 radical (unpaired) electrons. The van der Waals surface area contributed by atoms with Crippen LogP contribution in [0.3, 0.4) is 0 Å². The third-order valence-electron chi connectivity index (χ3n) is 3.47. The normalized spacial score (nSPS) is 18.1. The summed E-state index contributed by atoms with van der Waals surface area (Å²) >= 11 is 0. The summed E-state index contributed by atoms with van der Waals surface area (Å²) < 4.78 is 0. The third-order valence-corrected chi connectivity index (χ3v) is 3.47. The summed E-state index contributed by atoms with van der Waals surface area (Å²) in [5, 5.41) is 2.92. The molecule has 1 aliphatic heterocycles. The Hall–Kier alpha value is -0.610. The summed E-state index contributed by atoms with van der Waals surface area (Å²) in [7, 11) is 1.82. The molecule has 1 rings (SSSR count). The number of rotatable bonds is 5. The van der Waals surface area contributed by atoms with Gasteiger partial charge < -0.3 is 15.1 Å². The van der Waals surface area contributed by atoms with Gasteiger partial charge in [0.25, 0.3) is 0 Å². The summed E-state index contributed by atoms with van der Waals surface area (Å²) in [6.07, 6.45) is 2.24. The highest BCUT2D eigenvalue weighted by Crippen LogP contribution is 2.16. The predicted octanol–water partition coefficient (Wildman–Crippen LogP) is 0.539. The molecule has 1 N–H and O–H groups in total. The van der Waals surface area contributed by atoms with Crippen LogP contribution < -0.4 is 5.32 Å².